The summed E-state index contributed by atoms with van der Waals surface area (Å²) < 4.78 is 6.36. The predicted molar refractivity (Wildman–Crippen MR) is 75.8 cm³/mol. The van der Waals surface area contributed by atoms with Crippen LogP contribution in [0, 0.1) is 0 Å². The number of halogens is 1. The molecule has 2 aromatic rings. The highest BCUT2D eigenvalue weighted by molar-refractivity contribution is 9.10. The zero-order valence-corrected chi connectivity index (χ0v) is 11.9. The quantitative estimate of drug-likeness (QED) is 0.910. The monoisotopic (exact) mass is 310 g/mol. The molecule has 0 aliphatic rings. The number of rotatable bonds is 4. The molecule has 0 aliphatic heterocycles. The number of nitrogens with one attached hydrogen (secondary N) is 1. The molecule has 0 radical (unpaired) electrons. The van der Waals surface area contributed by atoms with E-state index >= 15 is 0 Å². The van der Waals surface area contributed by atoms with Gasteiger partial charge in [-0.25, -0.2) is 0 Å². The molecule has 2 rings (SSSR count). The second-order valence-corrected chi connectivity index (χ2v) is 4.91. The molecule has 0 spiro atoms. The molecule has 18 heavy (non-hydrogen) atoms. The van der Waals surface area contributed by atoms with Crippen molar-refractivity contribution in [2.75, 3.05) is 24.8 Å². The van der Waals surface area contributed by atoms with Gasteiger partial charge in [-0.15, -0.1) is 0 Å². The molecule has 1 aromatic carbocycles. The normalized spacial score (nSPS) is 10.4. The molecule has 96 valence electrons. The summed E-state index contributed by atoms with van der Waals surface area (Å²) in [6, 6.07) is 7.71. The number of anilines is 2. The molecule has 1 heterocycles. The van der Waals surface area contributed by atoms with Gasteiger partial charge in [-0.3, -0.25) is 5.10 Å². The highest BCUT2D eigenvalue weighted by Crippen LogP contribution is 2.31. The first-order chi connectivity index (χ1) is 8.60. The molecule has 0 atom stereocenters. The maximum atomic E-state index is 5.58. The number of hydrogen-bond acceptors (Lipinski definition) is 4. The van der Waals surface area contributed by atoms with Crippen molar-refractivity contribution in [1.29, 1.82) is 0 Å². The van der Waals surface area contributed by atoms with Gasteiger partial charge in [0.25, 0.3) is 0 Å². The molecule has 0 amide bonds. The molecular formula is C12H15BrN4O. The van der Waals surface area contributed by atoms with Crippen molar-refractivity contribution in [2.24, 2.45) is 0 Å². The maximum absolute atomic E-state index is 5.58. The number of nitrogen functional groups attached to an aromatic ring is 1. The standard InChI is InChI=1S/C12H15BrN4O/c1-17(7-9-6-12(14)16-15-9)10-5-8(13)3-4-11(10)18-2/h3-6H,7H2,1-2H3,(H3,14,15,16). The molecule has 3 N–H and O–H groups in total. The summed E-state index contributed by atoms with van der Waals surface area (Å²) in [4.78, 5) is 2.07. The Balaban J connectivity index is 2.22. The Morgan fingerprint density at radius 3 is 2.83 bits per heavy atom. The molecule has 6 heteroatoms. The molecule has 0 aliphatic carbocycles. The van der Waals surface area contributed by atoms with E-state index < -0.39 is 0 Å². The van der Waals surface area contributed by atoms with Crippen molar-refractivity contribution in [1.82, 2.24) is 10.2 Å². The smallest absolute Gasteiger partial charge is 0.145 e. The van der Waals surface area contributed by atoms with E-state index in [1.807, 2.05) is 31.3 Å². The topological polar surface area (TPSA) is 67.2 Å². The van der Waals surface area contributed by atoms with E-state index in [9.17, 15) is 0 Å². The Morgan fingerprint density at radius 1 is 1.44 bits per heavy atom. The largest absolute Gasteiger partial charge is 0.495 e. The Morgan fingerprint density at radius 2 is 2.22 bits per heavy atom. The summed E-state index contributed by atoms with van der Waals surface area (Å²) in [5, 5.41) is 6.80. The molecule has 1 aromatic heterocycles. The number of aromatic amines is 1. The van der Waals surface area contributed by atoms with Gasteiger partial charge in [0.05, 0.1) is 25.0 Å². The number of H-pyrrole nitrogens is 1. The van der Waals surface area contributed by atoms with Crippen LogP contribution in [0.5, 0.6) is 5.75 Å². The van der Waals surface area contributed by atoms with Crippen molar-refractivity contribution >= 4 is 27.4 Å². The minimum absolute atomic E-state index is 0.500. The first kappa shape index (κ1) is 12.8. The molecule has 0 saturated carbocycles. The van der Waals surface area contributed by atoms with Crippen molar-refractivity contribution in [3.63, 3.8) is 0 Å². The zero-order valence-electron chi connectivity index (χ0n) is 10.3. The fraction of sp³-hybridized carbons (Fsp3) is 0.250. The van der Waals surface area contributed by atoms with Crippen LogP contribution >= 0.6 is 15.9 Å². The Kier molecular flexibility index (Phi) is 3.76. The van der Waals surface area contributed by atoms with Crippen molar-refractivity contribution < 1.29 is 4.74 Å². The van der Waals surface area contributed by atoms with Crippen LogP contribution in [0.25, 0.3) is 0 Å². The van der Waals surface area contributed by atoms with E-state index in [0.29, 0.717) is 12.4 Å². The van der Waals surface area contributed by atoms with Crippen LogP contribution < -0.4 is 15.4 Å². The number of aromatic nitrogens is 2. The lowest BCUT2D eigenvalue weighted by Crippen LogP contribution is -2.17. The minimum Gasteiger partial charge on any atom is -0.495 e. The van der Waals surface area contributed by atoms with Crippen molar-refractivity contribution in [3.05, 3.63) is 34.4 Å². The van der Waals surface area contributed by atoms with Gasteiger partial charge in [-0.2, -0.15) is 5.10 Å². The van der Waals surface area contributed by atoms with Crippen LogP contribution in [-0.2, 0) is 6.54 Å². The summed E-state index contributed by atoms with van der Waals surface area (Å²) in [7, 11) is 3.65. The SMILES string of the molecule is COc1ccc(Br)cc1N(C)Cc1cc(N)n[nH]1. The lowest BCUT2D eigenvalue weighted by atomic mass is 10.2. The Hall–Kier alpha value is -1.69. The number of benzene rings is 1. The first-order valence-corrected chi connectivity index (χ1v) is 6.24. The van der Waals surface area contributed by atoms with Gasteiger partial charge in [0.2, 0.25) is 0 Å². The lowest BCUT2D eigenvalue weighted by Gasteiger charge is -2.21. The molecule has 0 unspecified atom stereocenters. The fourth-order valence-corrected chi connectivity index (χ4v) is 2.11. The average molecular weight is 311 g/mol. The third-order valence-corrected chi connectivity index (χ3v) is 3.10. The highest BCUT2D eigenvalue weighted by Gasteiger charge is 2.10. The van der Waals surface area contributed by atoms with Gasteiger partial charge in [-0.05, 0) is 18.2 Å². The number of nitrogens with two attached hydrogens (primary N) is 1. The molecule has 0 bridgehead atoms. The second kappa shape index (κ2) is 5.30. The van der Waals surface area contributed by atoms with Crippen LogP contribution in [-0.4, -0.2) is 24.4 Å². The summed E-state index contributed by atoms with van der Waals surface area (Å²) in [5.41, 5.74) is 7.54. The summed E-state index contributed by atoms with van der Waals surface area (Å²) >= 11 is 3.46. The van der Waals surface area contributed by atoms with E-state index in [4.69, 9.17) is 10.5 Å². The van der Waals surface area contributed by atoms with Gasteiger partial charge in [-0.1, -0.05) is 15.9 Å². The van der Waals surface area contributed by atoms with E-state index in [1.54, 1.807) is 7.11 Å². The second-order valence-electron chi connectivity index (χ2n) is 3.99. The van der Waals surface area contributed by atoms with Crippen LogP contribution in [0.4, 0.5) is 11.5 Å². The number of nitrogens with zero attached hydrogens (tertiary/aromatic N) is 2. The minimum atomic E-state index is 0.500. The molecule has 0 fully saturated rings. The van der Waals surface area contributed by atoms with Gasteiger partial charge >= 0.3 is 0 Å². The van der Waals surface area contributed by atoms with Crippen LogP contribution in [0.3, 0.4) is 0 Å². The third kappa shape index (κ3) is 2.76. The van der Waals surface area contributed by atoms with E-state index in [0.717, 1.165) is 21.6 Å². The van der Waals surface area contributed by atoms with Crippen molar-refractivity contribution in [2.45, 2.75) is 6.54 Å². The van der Waals surface area contributed by atoms with E-state index in [-0.39, 0.29) is 0 Å². The van der Waals surface area contributed by atoms with E-state index in [1.165, 1.54) is 0 Å². The number of methoxy groups -OCH3 is 1. The fourth-order valence-electron chi connectivity index (χ4n) is 1.76. The predicted octanol–water partition coefficient (Wildman–Crippen LogP) is 2.40. The lowest BCUT2D eigenvalue weighted by molar-refractivity contribution is 0.414. The number of hydrogen-bond donors (Lipinski definition) is 2. The van der Waals surface area contributed by atoms with Gasteiger partial charge in [0.1, 0.15) is 11.6 Å². The summed E-state index contributed by atoms with van der Waals surface area (Å²) in [5.74, 6) is 1.33. The van der Waals surface area contributed by atoms with Gasteiger partial charge in [0.15, 0.2) is 0 Å². The molecule has 0 saturated heterocycles. The van der Waals surface area contributed by atoms with E-state index in [2.05, 4.69) is 31.0 Å². The van der Waals surface area contributed by atoms with Gasteiger partial charge in [0, 0.05) is 17.6 Å². The highest BCUT2D eigenvalue weighted by atomic mass is 79.9. The zero-order chi connectivity index (χ0) is 13.1. The molecule has 5 nitrogen and oxygen atoms in total. The molecular weight excluding hydrogens is 296 g/mol. The Labute approximate surface area is 114 Å². The van der Waals surface area contributed by atoms with Crippen LogP contribution in [0.1, 0.15) is 5.69 Å². The van der Waals surface area contributed by atoms with Gasteiger partial charge < -0.3 is 15.4 Å². The van der Waals surface area contributed by atoms with Crippen LogP contribution in [0.2, 0.25) is 0 Å². The average Bonchev–Trinajstić information content (AvgIpc) is 2.74. The Bertz CT molecular complexity index is 541. The van der Waals surface area contributed by atoms with Crippen LogP contribution in [0.15, 0.2) is 28.7 Å². The van der Waals surface area contributed by atoms with Crippen molar-refractivity contribution in [3.8, 4) is 5.75 Å². The maximum Gasteiger partial charge on any atom is 0.145 e. The summed E-state index contributed by atoms with van der Waals surface area (Å²) in [6.07, 6.45) is 0. The third-order valence-electron chi connectivity index (χ3n) is 2.61. The number of ether oxygens (including phenoxy) is 1. The summed E-state index contributed by atoms with van der Waals surface area (Å²) in [6.45, 7) is 0.678. The first-order valence-electron chi connectivity index (χ1n) is 5.44.